The largest absolute Gasteiger partial charge is 0.460 e. The van der Waals surface area contributed by atoms with E-state index in [1.165, 1.54) is 40.9 Å². The first kappa shape index (κ1) is 75.4. The van der Waals surface area contributed by atoms with Crippen molar-refractivity contribution >= 4 is 136 Å². The number of fused-ring (bicyclic) bond motifs is 2. The molecule has 8 rings (SSSR count). The Morgan fingerprint density at radius 2 is 1.03 bits per heavy atom. The lowest BCUT2D eigenvalue weighted by Crippen LogP contribution is -2.62. The van der Waals surface area contributed by atoms with Gasteiger partial charge in [-0.15, -0.1) is 0 Å². The number of nitrogens with one attached hydrogen (secondary N) is 7. The van der Waals surface area contributed by atoms with Gasteiger partial charge in [0, 0.05) is 45.4 Å². The number of ether oxygens (including phenoxy) is 3. The van der Waals surface area contributed by atoms with E-state index in [9.17, 15) is 38.4 Å². The Morgan fingerprint density at radius 3 is 1.49 bits per heavy atom. The van der Waals surface area contributed by atoms with Crippen LogP contribution in [0.2, 0.25) is 0 Å². The zero-order chi connectivity index (χ0) is 68.0. The number of likely N-dealkylation sites (tertiary alicyclic amines) is 1. The zero-order valence-corrected chi connectivity index (χ0v) is 59.8. The highest BCUT2D eigenvalue weighted by Gasteiger charge is 2.40. The van der Waals surface area contributed by atoms with Crippen LogP contribution in [0.3, 0.4) is 0 Å². The highest BCUT2D eigenvalue weighted by atomic mass is 79.9. The van der Waals surface area contributed by atoms with E-state index in [0.29, 0.717) is 51.4 Å². The normalized spacial score (nSPS) is 19.9. The van der Waals surface area contributed by atoms with Crippen molar-refractivity contribution in [1.29, 1.82) is 0 Å². The van der Waals surface area contributed by atoms with Crippen LogP contribution in [0, 0.1) is 11.8 Å². The monoisotopic (exact) mass is 1460 g/mol. The van der Waals surface area contributed by atoms with E-state index in [4.69, 9.17) is 59.0 Å². The summed E-state index contributed by atoms with van der Waals surface area (Å²) in [6, 6.07) is 15.9. The number of nitrogens with zero attached hydrogens (tertiary/aromatic N) is 5. The number of halogens is 5. The number of alkyl halides is 3. The van der Waals surface area contributed by atoms with E-state index >= 15 is 0 Å². The number of rotatable bonds is 15. The maximum atomic E-state index is 13.8. The van der Waals surface area contributed by atoms with Gasteiger partial charge in [0.15, 0.2) is 0 Å². The summed E-state index contributed by atoms with van der Waals surface area (Å²) in [7, 11) is 0. The maximum absolute atomic E-state index is 13.8. The Balaban J connectivity index is 0.000000240. The van der Waals surface area contributed by atoms with E-state index in [-0.39, 0.29) is 29.7 Å². The van der Waals surface area contributed by atoms with Crippen molar-refractivity contribution in [3.63, 3.8) is 0 Å². The molecular weight excluding hydrogens is 1380 g/mol. The topological polar surface area (TPSA) is 284 Å². The number of hydrogen-bond donors (Lipinski definition) is 7. The van der Waals surface area contributed by atoms with Gasteiger partial charge in [-0.3, -0.25) is 48.8 Å². The molecule has 92 heavy (non-hydrogen) atoms. The van der Waals surface area contributed by atoms with E-state index < -0.39 is 93.7 Å². The van der Waals surface area contributed by atoms with E-state index in [2.05, 4.69) is 99.6 Å². The summed E-state index contributed by atoms with van der Waals surface area (Å²) in [6.45, 7) is 22.6. The molecule has 0 saturated carbocycles. The molecule has 4 aliphatic heterocycles. The van der Waals surface area contributed by atoms with Crippen molar-refractivity contribution in [2.45, 2.75) is 198 Å². The average Bonchev–Trinajstić information content (AvgIpc) is 1.52. The van der Waals surface area contributed by atoms with Crippen LogP contribution < -0.4 is 37.4 Å². The van der Waals surface area contributed by atoms with Crippen LogP contribution in [0.5, 0.6) is 0 Å². The molecule has 4 saturated heterocycles. The van der Waals surface area contributed by atoms with Gasteiger partial charge in [0.25, 0.3) is 11.8 Å². The number of amides is 7. The number of carbonyl (C=O) groups is 8. The van der Waals surface area contributed by atoms with Crippen LogP contribution in [0.4, 0.5) is 9.59 Å². The van der Waals surface area contributed by atoms with Gasteiger partial charge in [-0.1, -0.05) is 119 Å². The number of hydrazine groups is 2. The molecular formula is C64H89Br2Cl3N12O11. The minimum atomic E-state index is -1.74. The molecule has 0 bridgehead atoms. The van der Waals surface area contributed by atoms with Crippen molar-refractivity contribution in [2.75, 3.05) is 32.8 Å². The number of hydrogen-bond acceptors (Lipinski definition) is 16. The van der Waals surface area contributed by atoms with Gasteiger partial charge in [-0.2, -0.15) is 0 Å². The molecule has 0 aliphatic carbocycles. The number of benzene rings is 2. The number of aromatic nitrogens is 2. The van der Waals surface area contributed by atoms with Crippen LogP contribution in [-0.4, -0.2) is 157 Å². The molecule has 7 N–H and O–H groups in total. The molecule has 4 aliphatic rings. The third-order valence-corrected chi connectivity index (χ3v) is 16.5. The molecule has 2 unspecified atom stereocenters. The lowest BCUT2D eigenvalue weighted by Gasteiger charge is -2.37. The SMILES string of the molecule is Brc1ccc2ccc(C3CCCN3)nc2c1.CC(C)[C@H](NC(=O)OC(C)(C)C)C(=O)N[C@@H](C)C(=O)N1CCC[C@@H](C(=O)N2CCCC2c2ccc3ccc(Br)cc3n2)N1.CC(C)[C@H](NC(=O)OC(C)(C)C)C(=O)N[C@@H](C)C(=O)N1CCC[C@@H](C(=O)OCC(Cl)(Cl)Cl)N1. The van der Waals surface area contributed by atoms with Gasteiger partial charge in [-0.05, 0) is 162 Å². The number of esters is 1. The van der Waals surface area contributed by atoms with Gasteiger partial charge < -0.3 is 45.7 Å². The fourth-order valence-electron chi connectivity index (χ4n) is 10.7. The molecule has 2 aromatic heterocycles. The quantitative estimate of drug-likeness (QED) is 0.0331. The summed E-state index contributed by atoms with van der Waals surface area (Å²) in [5, 5.41) is 18.9. The Bertz CT molecular complexity index is 3250. The van der Waals surface area contributed by atoms with Crippen molar-refractivity contribution in [2.24, 2.45) is 11.8 Å². The van der Waals surface area contributed by atoms with Crippen molar-refractivity contribution in [3.8, 4) is 0 Å². The predicted octanol–water partition coefficient (Wildman–Crippen LogP) is 10.1. The summed E-state index contributed by atoms with van der Waals surface area (Å²) in [5.74, 6) is -3.05. The standard InChI is InChI=1S/C31H43BrN6O5.C20H33Cl3N4O6.C13H13BrN2/c1-18(2)26(35-30(42)43-31(4,5)6)27(39)33-19(3)28(40)38-16-7-9-23(36-38)29(41)37-15-8-10-25(37)22-14-12-20-11-13-21(32)17-24(20)34-22;1-11(2)14(25-18(31)33-19(4,5)6)15(28)24-12(3)16(29)27-9-7-8-13(26-27)17(30)32-10-20(21,22)23;14-10-5-3-9-4-6-12(16-13(9)8-10)11-2-1-7-15-11/h11-14,17-19,23,25-26,36H,7-10,15-16H2,1-6H3,(H,33,39)(H,35,42);11-14,26H,7-10H2,1-6H3,(H,24,28)(H,25,31);3-6,8,11,15H,1-2,7H2/t19-,23-,25?,26-;12-,13-,14-;/m00./s1. The number of carbonyl (C=O) groups excluding carboxylic acids is 8. The molecule has 0 radical (unpaired) electrons. The molecule has 0 spiro atoms. The number of pyridine rings is 2. The molecule has 23 nitrogen and oxygen atoms in total. The smallest absolute Gasteiger partial charge is 0.408 e. The first-order chi connectivity index (χ1) is 43.1. The Kier molecular flexibility index (Phi) is 27.5. The zero-order valence-electron chi connectivity index (χ0n) is 54.4. The Morgan fingerprint density at radius 1 is 0.587 bits per heavy atom. The average molecular weight is 1470 g/mol. The summed E-state index contributed by atoms with van der Waals surface area (Å²) in [6.07, 6.45) is 4.92. The van der Waals surface area contributed by atoms with Crippen LogP contribution in [0.1, 0.15) is 158 Å². The molecule has 506 valence electrons. The maximum Gasteiger partial charge on any atom is 0.408 e. The molecule has 6 heterocycles. The van der Waals surface area contributed by atoms with E-state index in [1.807, 2.05) is 35.2 Å². The summed E-state index contributed by atoms with van der Waals surface area (Å²) in [4.78, 5) is 114. The first-order valence-electron chi connectivity index (χ1n) is 31.2. The van der Waals surface area contributed by atoms with Crippen LogP contribution in [0.15, 0.2) is 69.6 Å². The van der Waals surface area contributed by atoms with Gasteiger partial charge in [0.2, 0.25) is 21.5 Å². The molecule has 8 atom stereocenters. The van der Waals surface area contributed by atoms with Gasteiger partial charge in [0.05, 0.1) is 28.5 Å². The number of alkyl carbamates (subject to hydrolysis) is 2. The van der Waals surface area contributed by atoms with Gasteiger partial charge >= 0.3 is 18.2 Å². The van der Waals surface area contributed by atoms with E-state index in [1.54, 1.807) is 76.2 Å². The lowest BCUT2D eigenvalue weighted by molar-refractivity contribution is -0.153. The second-order valence-electron chi connectivity index (χ2n) is 26.0. The molecule has 4 aromatic rings. The Labute approximate surface area is 570 Å². The molecule has 7 amide bonds. The minimum Gasteiger partial charge on any atom is -0.460 e. The molecule has 28 heteroatoms. The van der Waals surface area contributed by atoms with Crippen LogP contribution in [0.25, 0.3) is 21.8 Å². The van der Waals surface area contributed by atoms with Crippen molar-refractivity contribution in [1.82, 2.24) is 62.3 Å². The summed E-state index contributed by atoms with van der Waals surface area (Å²) < 4.78 is 15.8. The second-order valence-corrected chi connectivity index (χ2v) is 30.4. The third-order valence-electron chi connectivity index (χ3n) is 15.2. The van der Waals surface area contributed by atoms with Gasteiger partial charge in [0.1, 0.15) is 54.1 Å². The fraction of sp³-hybridized carbons (Fsp3) is 0.594. The minimum absolute atomic E-state index is 0.0609. The molecule has 4 fully saturated rings. The molecule has 2 aromatic carbocycles. The highest BCUT2D eigenvalue weighted by Crippen LogP contribution is 2.34. The second kappa shape index (κ2) is 33.6. The Hall–Kier alpha value is -5.67. The van der Waals surface area contributed by atoms with Crippen LogP contribution >= 0.6 is 66.7 Å². The van der Waals surface area contributed by atoms with Gasteiger partial charge in [-0.25, -0.2) is 20.4 Å². The summed E-state index contributed by atoms with van der Waals surface area (Å²) in [5.41, 5.74) is 8.46. The highest BCUT2D eigenvalue weighted by molar-refractivity contribution is 9.10. The predicted molar refractivity (Wildman–Crippen MR) is 361 cm³/mol. The van der Waals surface area contributed by atoms with E-state index in [0.717, 1.165) is 50.4 Å². The fourth-order valence-corrected chi connectivity index (χ4v) is 11.6. The first-order valence-corrected chi connectivity index (χ1v) is 33.9. The van der Waals surface area contributed by atoms with Crippen molar-refractivity contribution < 1.29 is 52.6 Å². The van der Waals surface area contributed by atoms with Crippen molar-refractivity contribution in [3.05, 3.63) is 81.0 Å². The third kappa shape index (κ3) is 23.1. The summed E-state index contributed by atoms with van der Waals surface area (Å²) >= 11 is 23.8. The lowest BCUT2D eigenvalue weighted by atomic mass is 10.0. The van der Waals surface area contributed by atoms with Crippen LogP contribution in [-0.2, 0) is 43.0 Å².